The molecule has 0 aliphatic carbocycles. The van der Waals surface area contributed by atoms with Crippen LogP contribution in [0.3, 0.4) is 0 Å². The Balaban J connectivity index is 3.28. The van der Waals surface area contributed by atoms with E-state index in [4.69, 9.17) is 17.3 Å². The van der Waals surface area contributed by atoms with Gasteiger partial charge in [-0.3, -0.25) is 4.79 Å². The average molecular weight is 206 g/mol. The van der Waals surface area contributed by atoms with Gasteiger partial charge in [-0.05, 0) is 12.1 Å². The number of nitrogens with two attached hydrogens (primary N) is 1. The van der Waals surface area contributed by atoms with Crippen molar-refractivity contribution < 1.29 is 13.6 Å². The molecule has 0 aliphatic heterocycles. The van der Waals surface area contributed by atoms with Crippen molar-refractivity contribution in [1.29, 1.82) is 0 Å². The smallest absolute Gasteiger partial charge is 0.180 e. The summed E-state index contributed by atoms with van der Waals surface area (Å²) < 4.78 is 25.7. The summed E-state index contributed by atoms with van der Waals surface area (Å²) in [6, 6.07) is 1.58. The molecule has 0 saturated heterocycles. The summed E-state index contributed by atoms with van der Waals surface area (Å²) in [6.07, 6.45) is 0. The molecule has 2 nitrogen and oxygen atoms in total. The van der Waals surface area contributed by atoms with Gasteiger partial charge in [0.25, 0.3) is 0 Å². The molecule has 0 heterocycles. The molecule has 0 unspecified atom stereocenters. The van der Waals surface area contributed by atoms with Crippen molar-refractivity contribution in [3.63, 3.8) is 0 Å². The van der Waals surface area contributed by atoms with E-state index in [1.54, 1.807) is 0 Å². The molecule has 2 N–H and O–H groups in total. The van der Waals surface area contributed by atoms with E-state index < -0.39 is 34.5 Å². The number of nitrogen functional groups attached to an aromatic ring is 1. The summed E-state index contributed by atoms with van der Waals surface area (Å²) in [5.74, 6) is -2.77. The Morgan fingerprint density at radius 1 is 1.46 bits per heavy atom. The van der Waals surface area contributed by atoms with Crippen molar-refractivity contribution in [3.05, 3.63) is 29.3 Å². The number of ketones is 1. The minimum atomic E-state index is -0.924. The number of hydrogen-bond acceptors (Lipinski definition) is 2. The number of carbonyl (C=O) groups excluding carboxylic acids is 1. The Labute approximate surface area is 78.3 Å². The highest BCUT2D eigenvalue weighted by Gasteiger charge is 2.14. The Morgan fingerprint density at radius 3 is 2.62 bits per heavy atom. The van der Waals surface area contributed by atoms with Crippen molar-refractivity contribution >= 4 is 23.1 Å². The first-order valence-electron chi connectivity index (χ1n) is 3.40. The Hall–Kier alpha value is -1.16. The van der Waals surface area contributed by atoms with Gasteiger partial charge in [0.2, 0.25) is 0 Å². The molecule has 0 fully saturated rings. The predicted octanol–water partition coefficient (Wildman–Crippen LogP) is 1.97. The molecule has 0 saturated carbocycles. The topological polar surface area (TPSA) is 43.1 Å². The maximum atomic E-state index is 13.0. The number of hydrogen-bond donors (Lipinski definition) is 1. The van der Waals surface area contributed by atoms with Gasteiger partial charge in [0, 0.05) is 0 Å². The van der Waals surface area contributed by atoms with Crippen molar-refractivity contribution in [2.45, 2.75) is 0 Å². The maximum absolute atomic E-state index is 13.0. The normalized spacial score (nSPS) is 10.1. The molecular weight excluding hydrogens is 200 g/mol. The van der Waals surface area contributed by atoms with Crippen LogP contribution in [-0.2, 0) is 0 Å². The number of benzene rings is 1. The van der Waals surface area contributed by atoms with E-state index in [1.165, 1.54) is 0 Å². The molecule has 0 aromatic heterocycles. The summed E-state index contributed by atoms with van der Waals surface area (Å²) in [6.45, 7) is 0. The number of alkyl halides is 1. The second-order valence-corrected chi connectivity index (χ2v) is 2.68. The van der Waals surface area contributed by atoms with Crippen LogP contribution in [-0.4, -0.2) is 11.7 Å². The van der Waals surface area contributed by atoms with Gasteiger partial charge in [0.05, 0.1) is 17.1 Å². The molecule has 1 rings (SSSR count). The van der Waals surface area contributed by atoms with Crippen LogP contribution in [0.2, 0.25) is 0 Å². The zero-order valence-corrected chi connectivity index (χ0v) is 7.24. The lowest BCUT2D eigenvalue weighted by molar-refractivity contribution is 0.101. The lowest BCUT2D eigenvalue weighted by Gasteiger charge is -2.02. The van der Waals surface area contributed by atoms with E-state index in [1.807, 2.05) is 0 Å². The molecule has 70 valence electrons. The van der Waals surface area contributed by atoms with Gasteiger partial charge < -0.3 is 5.73 Å². The summed E-state index contributed by atoms with van der Waals surface area (Å²) in [5.41, 5.74) is 4.30. The fourth-order valence-corrected chi connectivity index (χ4v) is 1.03. The molecule has 5 heteroatoms. The van der Waals surface area contributed by atoms with Crippen molar-refractivity contribution in [3.8, 4) is 0 Å². The monoisotopic (exact) mass is 205 g/mol. The largest absolute Gasteiger partial charge is 0.396 e. The molecule has 0 aliphatic rings. The molecule has 0 bridgehead atoms. The van der Waals surface area contributed by atoms with E-state index in [0.717, 1.165) is 12.1 Å². The van der Waals surface area contributed by atoms with Crippen LogP contribution < -0.4 is 5.73 Å². The Kier molecular flexibility index (Phi) is 2.83. The van der Waals surface area contributed by atoms with Gasteiger partial charge in [0.1, 0.15) is 5.82 Å². The first kappa shape index (κ1) is 9.92. The first-order valence-corrected chi connectivity index (χ1v) is 3.93. The molecule has 13 heavy (non-hydrogen) atoms. The summed E-state index contributed by atoms with van der Waals surface area (Å²) in [7, 11) is 0. The minimum Gasteiger partial charge on any atom is -0.396 e. The van der Waals surface area contributed by atoms with E-state index in [-0.39, 0.29) is 0 Å². The van der Waals surface area contributed by atoms with E-state index in [9.17, 15) is 13.6 Å². The van der Waals surface area contributed by atoms with Crippen LogP contribution in [0.25, 0.3) is 0 Å². The molecule has 0 spiro atoms. The molecule has 0 atom stereocenters. The van der Waals surface area contributed by atoms with E-state index in [0.29, 0.717) is 0 Å². The second kappa shape index (κ2) is 3.70. The minimum absolute atomic E-state index is 0.395. The molecule has 1 aromatic rings. The second-order valence-electron chi connectivity index (χ2n) is 2.41. The van der Waals surface area contributed by atoms with Crippen LogP contribution in [0.15, 0.2) is 12.1 Å². The van der Waals surface area contributed by atoms with Crippen LogP contribution in [0.1, 0.15) is 10.4 Å². The Bertz CT molecular complexity index is 354. The lowest BCUT2D eigenvalue weighted by Crippen LogP contribution is -2.07. The van der Waals surface area contributed by atoms with Crippen LogP contribution in [0.5, 0.6) is 0 Å². The quantitative estimate of drug-likeness (QED) is 0.456. The fourth-order valence-electron chi connectivity index (χ4n) is 0.885. The number of anilines is 1. The lowest BCUT2D eigenvalue weighted by atomic mass is 10.1. The van der Waals surface area contributed by atoms with E-state index in [2.05, 4.69) is 0 Å². The first-order chi connectivity index (χ1) is 6.06. The van der Waals surface area contributed by atoms with Gasteiger partial charge in [-0.15, -0.1) is 11.6 Å². The van der Waals surface area contributed by atoms with Gasteiger partial charge in [0.15, 0.2) is 11.6 Å². The summed E-state index contributed by atoms with van der Waals surface area (Å²) >= 11 is 5.18. The van der Waals surface area contributed by atoms with Gasteiger partial charge in [-0.1, -0.05) is 0 Å². The van der Waals surface area contributed by atoms with Crippen LogP contribution in [0.4, 0.5) is 14.5 Å². The van der Waals surface area contributed by atoms with Gasteiger partial charge in [-0.2, -0.15) is 0 Å². The van der Waals surface area contributed by atoms with Gasteiger partial charge >= 0.3 is 0 Å². The van der Waals surface area contributed by atoms with Crippen LogP contribution in [0, 0.1) is 11.6 Å². The molecule has 0 radical (unpaired) electrons. The number of rotatable bonds is 2. The van der Waals surface area contributed by atoms with Gasteiger partial charge in [-0.25, -0.2) is 8.78 Å². The molecule has 0 amide bonds. The maximum Gasteiger partial charge on any atom is 0.180 e. The summed E-state index contributed by atoms with van der Waals surface area (Å²) in [4.78, 5) is 10.9. The zero-order valence-electron chi connectivity index (χ0n) is 6.48. The average Bonchev–Trinajstić information content (AvgIpc) is 2.10. The zero-order chi connectivity index (χ0) is 10.0. The highest BCUT2D eigenvalue weighted by Crippen LogP contribution is 2.18. The van der Waals surface area contributed by atoms with E-state index >= 15 is 0 Å². The Morgan fingerprint density at radius 2 is 2.08 bits per heavy atom. The van der Waals surface area contributed by atoms with Crippen molar-refractivity contribution in [2.24, 2.45) is 0 Å². The number of halogens is 3. The fraction of sp³-hybridized carbons (Fsp3) is 0.125. The number of carbonyl (C=O) groups is 1. The summed E-state index contributed by atoms with van der Waals surface area (Å²) in [5, 5.41) is 0. The third-order valence-electron chi connectivity index (χ3n) is 1.49. The van der Waals surface area contributed by atoms with Crippen molar-refractivity contribution in [1.82, 2.24) is 0 Å². The highest BCUT2D eigenvalue weighted by atomic mass is 35.5. The molecular formula is C8H6ClF2NO. The van der Waals surface area contributed by atoms with Crippen LogP contribution >= 0.6 is 11.6 Å². The molecule has 1 aromatic carbocycles. The number of Topliss-reactive ketones (excluding diaryl/α,β-unsaturated/α-hetero) is 1. The standard InChI is InChI=1S/C8H6ClF2NO/c9-3-7(13)5-1-4(10)2-6(12)8(5)11/h1-2H,3,12H2. The SMILES string of the molecule is Nc1cc(F)cc(C(=O)CCl)c1F. The third-order valence-corrected chi connectivity index (χ3v) is 1.73. The highest BCUT2D eigenvalue weighted by molar-refractivity contribution is 6.30. The van der Waals surface area contributed by atoms with Crippen molar-refractivity contribution in [2.75, 3.05) is 11.6 Å². The third kappa shape index (κ3) is 1.95. The predicted molar refractivity (Wildman–Crippen MR) is 45.8 cm³/mol.